The quantitative estimate of drug-likeness (QED) is 0.644. The van der Waals surface area contributed by atoms with E-state index in [9.17, 15) is 4.79 Å². The first kappa shape index (κ1) is 17.8. The topological polar surface area (TPSA) is 38.1 Å². The van der Waals surface area contributed by atoms with Crippen LogP contribution in [0.25, 0.3) is 11.0 Å². The van der Waals surface area contributed by atoms with E-state index in [-0.39, 0.29) is 11.8 Å². The largest absolute Gasteiger partial charge is 0.338 e. The van der Waals surface area contributed by atoms with Crippen molar-refractivity contribution in [2.45, 2.75) is 45.7 Å². The Labute approximate surface area is 160 Å². The fourth-order valence-electron chi connectivity index (χ4n) is 3.93. The average Bonchev–Trinajstić information content (AvgIpc) is 3.21. The minimum atomic E-state index is 0.167. The van der Waals surface area contributed by atoms with E-state index >= 15 is 0 Å². The molecular formula is C23H27N3O. The Hall–Kier alpha value is -2.62. The maximum absolute atomic E-state index is 12.6. The molecule has 4 nitrogen and oxygen atoms in total. The van der Waals surface area contributed by atoms with Crippen molar-refractivity contribution in [3.05, 3.63) is 66.0 Å². The van der Waals surface area contributed by atoms with Gasteiger partial charge >= 0.3 is 0 Å². The van der Waals surface area contributed by atoms with Crippen LogP contribution >= 0.6 is 0 Å². The van der Waals surface area contributed by atoms with Crippen LogP contribution in [0, 0.1) is 5.92 Å². The summed E-state index contributed by atoms with van der Waals surface area (Å²) in [7, 11) is 0. The number of aryl methyl sites for hydroxylation is 1. The highest BCUT2D eigenvalue weighted by Crippen LogP contribution is 2.31. The molecule has 2 heterocycles. The lowest BCUT2D eigenvalue weighted by atomic mass is 10.1. The van der Waals surface area contributed by atoms with Gasteiger partial charge in [0.05, 0.1) is 11.0 Å². The highest BCUT2D eigenvalue weighted by molar-refractivity contribution is 5.81. The van der Waals surface area contributed by atoms with Crippen molar-refractivity contribution >= 4 is 16.9 Å². The lowest BCUT2D eigenvalue weighted by molar-refractivity contribution is -0.128. The van der Waals surface area contributed by atoms with Crippen LogP contribution < -0.4 is 0 Å². The smallest absolute Gasteiger partial charge is 0.223 e. The second kappa shape index (κ2) is 7.55. The summed E-state index contributed by atoms with van der Waals surface area (Å²) in [5.41, 5.74) is 3.40. The van der Waals surface area contributed by atoms with Gasteiger partial charge in [-0.25, -0.2) is 4.98 Å². The first-order valence-electron chi connectivity index (χ1n) is 9.88. The molecule has 0 saturated carbocycles. The van der Waals surface area contributed by atoms with Crippen LogP contribution in [0.2, 0.25) is 0 Å². The number of hydrogen-bond acceptors (Lipinski definition) is 2. The van der Waals surface area contributed by atoms with Crippen LogP contribution in [0.3, 0.4) is 0 Å². The molecule has 1 aliphatic rings. The number of imidazole rings is 1. The monoisotopic (exact) mass is 361 g/mol. The third-order valence-corrected chi connectivity index (χ3v) is 5.41. The van der Waals surface area contributed by atoms with Crippen LogP contribution in [0.4, 0.5) is 0 Å². The average molecular weight is 361 g/mol. The molecule has 27 heavy (non-hydrogen) atoms. The van der Waals surface area contributed by atoms with Gasteiger partial charge in [0.1, 0.15) is 5.82 Å². The van der Waals surface area contributed by atoms with E-state index < -0.39 is 0 Å². The summed E-state index contributed by atoms with van der Waals surface area (Å²) < 4.78 is 2.35. The summed E-state index contributed by atoms with van der Waals surface area (Å²) in [6, 6.07) is 18.5. The lowest BCUT2D eigenvalue weighted by Gasteiger charge is -2.18. The number of rotatable bonds is 6. The van der Waals surface area contributed by atoms with Crippen LogP contribution in [-0.4, -0.2) is 26.9 Å². The number of fused-ring (bicyclic) bond motifs is 1. The first-order valence-corrected chi connectivity index (χ1v) is 9.88. The van der Waals surface area contributed by atoms with E-state index in [1.807, 2.05) is 29.2 Å². The van der Waals surface area contributed by atoms with Gasteiger partial charge < -0.3 is 9.47 Å². The molecule has 1 saturated heterocycles. The highest BCUT2D eigenvalue weighted by Gasteiger charge is 2.33. The van der Waals surface area contributed by atoms with Gasteiger partial charge in [-0.2, -0.15) is 0 Å². The molecule has 4 heteroatoms. The van der Waals surface area contributed by atoms with E-state index in [1.54, 1.807) is 0 Å². The molecule has 0 spiro atoms. The van der Waals surface area contributed by atoms with Gasteiger partial charge in [0, 0.05) is 32.0 Å². The summed E-state index contributed by atoms with van der Waals surface area (Å²) in [6.07, 6.45) is 1.67. The van der Waals surface area contributed by atoms with Crippen molar-refractivity contribution in [3.8, 4) is 0 Å². The molecule has 0 unspecified atom stereocenters. The molecular weight excluding hydrogens is 334 g/mol. The summed E-state index contributed by atoms with van der Waals surface area (Å²) in [5.74, 6) is 2.10. The number of hydrogen-bond donors (Lipinski definition) is 0. The van der Waals surface area contributed by atoms with E-state index in [2.05, 4.69) is 48.7 Å². The van der Waals surface area contributed by atoms with E-state index in [1.165, 1.54) is 11.1 Å². The number of benzene rings is 2. The highest BCUT2D eigenvalue weighted by atomic mass is 16.2. The minimum Gasteiger partial charge on any atom is -0.338 e. The number of carbonyl (C=O) groups is 1. The van der Waals surface area contributed by atoms with E-state index in [0.29, 0.717) is 18.9 Å². The summed E-state index contributed by atoms with van der Waals surface area (Å²) in [5, 5.41) is 0. The number of nitrogens with zero attached hydrogens (tertiary/aromatic N) is 3. The summed E-state index contributed by atoms with van der Waals surface area (Å²) in [4.78, 5) is 19.6. The maximum atomic E-state index is 12.6. The molecule has 0 bridgehead atoms. The lowest BCUT2D eigenvalue weighted by Crippen LogP contribution is -2.24. The zero-order chi connectivity index (χ0) is 18.8. The van der Waals surface area contributed by atoms with Crippen molar-refractivity contribution in [1.29, 1.82) is 0 Å². The first-order chi connectivity index (χ1) is 13.1. The molecule has 0 N–H and O–H groups in total. The molecule has 2 aromatic carbocycles. The SMILES string of the molecule is CC(C)CCn1c([C@H]2CC(=O)N(Cc3ccccc3)C2)nc2ccccc21. The van der Waals surface area contributed by atoms with Gasteiger partial charge in [-0.1, -0.05) is 56.3 Å². The van der Waals surface area contributed by atoms with Gasteiger partial charge in [-0.15, -0.1) is 0 Å². The zero-order valence-electron chi connectivity index (χ0n) is 16.1. The fourth-order valence-corrected chi connectivity index (χ4v) is 3.93. The van der Waals surface area contributed by atoms with Crippen molar-refractivity contribution in [2.24, 2.45) is 5.92 Å². The van der Waals surface area contributed by atoms with Gasteiger partial charge in [0.15, 0.2) is 0 Å². The van der Waals surface area contributed by atoms with Crippen LogP contribution in [0.1, 0.15) is 44.0 Å². The zero-order valence-corrected chi connectivity index (χ0v) is 16.1. The predicted octanol–water partition coefficient (Wildman–Crippen LogP) is 4.60. The Morgan fingerprint density at radius 2 is 1.81 bits per heavy atom. The van der Waals surface area contributed by atoms with Crippen molar-refractivity contribution in [2.75, 3.05) is 6.54 Å². The Bertz CT molecular complexity index is 929. The molecule has 0 radical (unpaired) electrons. The standard InChI is InChI=1S/C23H27N3O/c1-17(2)12-13-26-21-11-7-6-10-20(21)24-23(26)19-14-22(27)25(16-19)15-18-8-4-3-5-9-18/h3-11,17,19H,12-16H2,1-2H3/t19-/m0/s1. The maximum Gasteiger partial charge on any atom is 0.223 e. The molecule has 1 aliphatic heterocycles. The van der Waals surface area contributed by atoms with E-state index in [0.717, 1.165) is 30.9 Å². The fraction of sp³-hybridized carbons (Fsp3) is 0.391. The van der Waals surface area contributed by atoms with E-state index in [4.69, 9.17) is 4.98 Å². The summed E-state index contributed by atoms with van der Waals surface area (Å²) in [6.45, 7) is 6.89. The molecule has 1 atom stereocenters. The van der Waals surface area contributed by atoms with Crippen LogP contribution in [0.5, 0.6) is 0 Å². The number of likely N-dealkylation sites (tertiary alicyclic amines) is 1. The second-order valence-electron chi connectivity index (χ2n) is 7.95. The van der Waals surface area contributed by atoms with Crippen LogP contribution in [-0.2, 0) is 17.9 Å². The molecule has 1 aromatic heterocycles. The summed E-state index contributed by atoms with van der Waals surface area (Å²) >= 11 is 0. The minimum absolute atomic E-state index is 0.167. The number of carbonyl (C=O) groups excluding carboxylic acids is 1. The molecule has 0 aliphatic carbocycles. The van der Waals surface area contributed by atoms with Crippen molar-refractivity contribution < 1.29 is 4.79 Å². The Kier molecular flexibility index (Phi) is 4.97. The number of para-hydroxylation sites is 2. The van der Waals surface area contributed by atoms with Gasteiger partial charge in [-0.05, 0) is 30.0 Å². The Morgan fingerprint density at radius 3 is 2.59 bits per heavy atom. The van der Waals surface area contributed by atoms with Crippen molar-refractivity contribution in [1.82, 2.24) is 14.5 Å². The number of aromatic nitrogens is 2. The third-order valence-electron chi connectivity index (χ3n) is 5.41. The molecule has 1 amide bonds. The predicted molar refractivity (Wildman–Crippen MR) is 108 cm³/mol. The molecule has 1 fully saturated rings. The van der Waals surface area contributed by atoms with Gasteiger partial charge in [0.25, 0.3) is 0 Å². The molecule has 3 aromatic rings. The molecule has 4 rings (SSSR count). The Morgan fingerprint density at radius 1 is 1.07 bits per heavy atom. The van der Waals surface area contributed by atoms with Gasteiger partial charge in [0.2, 0.25) is 5.91 Å². The van der Waals surface area contributed by atoms with Crippen molar-refractivity contribution in [3.63, 3.8) is 0 Å². The normalized spacial score (nSPS) is 17.4. The van der Waals surface area contributed by atoms with Gasteiger partial charge in [-0.3, -0.25) is 4.79 Å². The molecule has 140 valence electrons. The van der Waals surface area contributed by atoms with Crippen LogP contribution in [0.15, 0.2) is 54.6 Å². The number of amides is 1. The Balaban J connectivity index is 1.60. The second-order valence-corrected chi connectivity index (χ2v) is 7.95. The third kappa shape index (κ3) is 3.75.